The van der Waals surface area contributed by atoms with Gasteiger partial charge in [0.25, 0.3) is 5.91 Å². The Kier molecular flexibility index (Phi) is 4.32. The molecule has 0 spiro atoms. The summed E-state index contributed by atoms with van der Waals surface area (Å²) in [5.74, 6) is 3.08. The number of carbonyl (C=O) groups excluding carboxylic acids is 1. The standard InChI is InChI=1S/C16H28N2O2/c1-20-3-2-17-10-15(19)18-11-16-7-12-4-13(8-16)6-14(5-12)9-16/h12-14,17H,2-11H2,1H3,(H,18,19)/p+1. The van der Waals surface area contributed by atoms with E-state index in [-0.39, 0.29) is 5.91 Å². The van der Waals surface area contributed by atoms with Crippen molar-refractivity contribution in [3.8, 4) is 0 Å². The number of nitrogens with two attached hydrogens (primary N) is 1. The van der Waals surface area contributed by atoms with Gasteiger partial charge in [-0.25, -0.2) is 0 Å². The quantitative estimate of drug-likeness (QED) is 0.669. The second-order valence-corrected chi connectivity index (χ2v) is 7.47. The first-order valence-corrected chi connectivity index (χ1v) is 8.26. The number of nitrogens with one attached hydrogen (secondary N) is 1. The number of quaternary nitrogens is 1. The van der Waals surface area contributed by atoms with Crippen LogP contribution in [0, 0.1) is 23.2 Å². The van der Waals surface area contributed by atoms with Crippen LogP contribution in [0.2, 0.25) is 0 Å². The summed E-state index contributed by atoms with van der Waals surface area (Å²) < 4.78 is 4.99. The summed E-state index contributed by atoms with van der Waals surface area (Å²) in [5, 5.41) is 5.23. The van der Waals surface area contributed by atoms with Gasteiger partial charge in [-0.1, -0.05) is 0 Å². The summed E-state index contributed by atoms with van der Waals surface area (Å²) in [4.78, 5) is 11.9. The van der Waals surface area contributed by atoms with Crippen LogP contribution in [0.4, 0.5) is 0 Å². The minimum absolute atomic E-state index is 0.192. The van der Waals surface area contributed by atoms with Gasteiger partial charge < -0.3 is 15.4 Å². The van der Waals surface area contributed by atoms with Crippen molar-refractivity contribution in [2.75, 3.05) is 33.4 Å². The van der Waals surface area contributed by atoms with Gasteiger partial charge in [0.05, 0.1) is 13.2 Å². The molecule has 4 bridgehead atoms. The van der Waals surface area contributed by atoms with Crippen LogP contribution in [0.1, 0.15) is 38.5 Å². The first-order chi connectivity index (χ1) is 9.69. The summed E-state index contributed by atoms with van der Waals surface area (Å²) in [6, 6.07) is 0. The van der Waals surface area contributed by atoms with E-state index in [0.717, 1.165) is 30.8 Å². The zero-order chi connectivity index (χ0) is 14.0. The number of hydrogen-bond donors (Lipinski definition) is 2. The number of rotatable bonds is 7. The molecule has 4 saturated carbocycles. The third kappa shape index (κ3) is 3.17. The van der Waals surface area contributed by atoms with Crippen LogP contribution in [0.3, 0.4) is 0 Å². The van der Waals surface area contributed by atoms with E-state index in [1.54, 1.807) is 7.11 Å². The van der Waals surface area contributed by atoms with Crippen LogP contribution in [0.5, 0.6) is 0 Å². The van der Waals surface area contributed by atoms with E-state index in [0.29, 0.717) is 18.6 Å². The number of carbonyl (C=O) groups is 1. The van der Waals surface area contributed by atoms with Crippen molar-refractivity contribution in [3.05, 3.63) is 0 Å². The Hall–Kier alpha value is -0.610. The molecule has 0 aromatic rings. The minimum Gasteiger partial charge on any atom is -0.379 e. The van der Waals surface area contributed by atoms with E-state index in [1.807, 2.05) is 5.32 Å². The van der Waals surface area contributed by atoms with Gasteiger partial charge in [0.1, 0.15) is 0 Å². The highest BCUT2D eigenvalue weighted by molar-refractivity contribution is 5.76. The third-order valence-electron chi connectivity index (χ3n) is 5.68. The van der Waals surface area contributed by atoms with Gasteiger partial charge in [-0.15, -0.1) is 0 Å². The lowest BCUT2D eigenvalue weighted by Crippen LogP contribution is -2.87. The van der Waals surface area contributed by atoms with Gasteiger partial charge in [-0.05, 0) is 61.7 Å². The van der Waals surface area contributed by atoms with Crippen molar-refractivity contribution in [3.63, 3.8) is 0 Å². The lowest BCUT2D eigenvalue weighted by molar-refractivity contribution is -0.645. The van der Waals surface area contributed by atoms with E-state index < -0.39 is 0 Å². The van der Waals surface area contributed by atoms with E-state index in [4.69, 9.17) is 4.74 Å². The van der Waals surface area contributed by atoms with E-state index in [2.05, 4.69) is 5.32 Å². The highest BCUT2D eigenvalue weighted by atomic mass is 16.5. The number of hydrogen-bond acceptors (Lipinski definition) is 2. The average molecular weight is 281 g/mol. The molecule has 0 aromatic heterocycles. The Morgan fingerprint density at radius 1 is 1.20 bits per heavy atom. The maximum Gasteiger partial charge on any atom is 0.275 e. The molecule has 1 amide bonds. The zero-order valence-electron chi connectivity index (χ0n) is 12.7. The fraction of sp³-hybridized carbons (Fsp3) is 0.938. The molecule has 0 unspecified atom stereocenters. The predicted molar refractivity (Wildman–Crippen MR) is 77.2 cm³/mol. The zero-order valence-corrected chi connectivity index (χ0v) is 12.7. The summed E-state index contributed by atoms with van der Waals surface area (Å²) in [5.41, 5.74) is 0.455. The molecule has 114 valence electrons. The molecule has 0 saturated heterocycles. The topological polar surface area (TPSA) is 54.9 Å². The fourth-order valence-corrected chi connectivity index (χ4v) is 5.30. The fourth-order valence-electron chi connectivity index (χ4n) is 5.30. The van der Waals surface area contributed by atoms with Crippen LogP contribution >= 0.6 is 0 Å². The highest BCUT2D eigenvalue weighted by Gasteiger charge is 2.50. The molecule has 20 heavy (non-hydrogen) atoms. The minimum atomic E-state index is 0.192. The maximum absolute atomic E-state index is 11.9. The van der Waals surface area contributed by atoms with Crippen molar-refractivity contribution in [1.82, 2.24) is 5.32 Å². The molecule has 0 heterocycles. The average Bonchev–Trinajstić information content (AvgIpc) is 2.40. The van der Waals surface area contributed by atoms with Crippen molar-refractivity contribution >= 4 is 5.91 Å². The molecule has 0 aromatic carbocycles. The second-order valence-electron chi connectivity index (χ2n) is 7.47. The SMILES string of the molecule is COCC[NH2+]CC(=O)NCC12CC3CC(CC(C3)C1)C2. The van der Waals surface area contributed by atoms with E-state index in [1.165, 1.54) is 38.5 Å². The van der Waals surface area contributed by atoms with Gasteiger partial charge in [0.2, 0.25) is 0 Å². The lowest BCUT2D eigenvalue weighted by atomic mass is 9.49. The van der Waals surface area contributed by atoms with Gasteiger partial charge in [0, 0.05) is 13.7 Å². The maximum atomic E-state index is 11.9. The third-order valence-corrected chi connectivity index (χ3v) is 5.68. The molecule has 0 aliphatic heterocycles. The Balaban J connectivity index is 1.43. The smallest absolute Gasteiger partial charge is 0.275 e. The number of ether oxygens (including phenoxy) is 1. The Morgan fingerprint density at radius 3 is 2.35 bits per heavy atom. The van der Waals surface area contributed by atoms with Crippen LogP contribution in [-0.2, 0) is 9.53 Å². The van der Waals surface area contributed by atoms with Crippen LogP contribution in [0.15, 0.2) is 0 Å². The first-order valence-electron chi connectivity index (χ1n) is 8.26. The Bertz CT molecular complexity index is 321. The molecule has 4 fully saturated rings. The Morgan fingerprint density at radius 2 is 1.80 bits per heavy atom. The highest BCUT2D eigenvalue weighted by Crippen LogP contribution is 2.59. The monoisotopic (exact) mass is 281 g/mol. The van der Waals surface area contributed by atoms with Crippen LogP contribution in [-0.4, -0.2) is 39.3 Å². The van der Waals surface area contributed by atoms with Crippen molar-refractivity contribution in [2.24, 2.45) is 23.2 Å². The molecular weight excluding hydrogens is 252 g/mol. The lowest BCUT2D eigenvalue weighted by Gasteiger charge is -2.56. The van der Waals surface area contributed by atoms with Crippen molar-refractivity contribution < 1.29 is 14.8 Å². The molecule has 4 rings (SSSR count). The molecule has 4 aliphatic carbocycles. The molecule has 4 nitrogen and oxygen atoms in total. The second kappa shape index (κ2) is 6.02. The normalized spacial score (nSPS) is 38.1. The van der Waals surface area contributed by atoms with Gasteiger partial charge >= 0.3 is 0 Å². The van der Waals surface area contributed by atoms with E-state index in [9.17, 15) is 4.79 Å². The molecule has 0 atom stereocenters. The number of amides is 1. The summed E-state index contributed by atoms with van der Waals surface area (Å²) >= 11 is 0. The van der Waals surface area contributed by atoms with Crippen LogP contribution in [0.25, 0.3) is 0 Å². The Labute approximate surface area is 122 Å². The molecule has 4 heteroatoms. The van der Waals surface area contributed by atoms with Crippen LogP contribution < -0.4 is 10.6 Å². The summed E-state index contributed by atoms with van der Waals surface area (Å²) in [7, 11) is 1.70. The molecular formula is C16H29N2O2+. The number of methoxy groups -OCH3 is 1. The first kappa shape index (κ1) is 14.3. The summed E-state index contributed by atoms with van der Waals surface area (Å²) in [6.45, 7) is 3.03. The largest absolute Gasteiger partial charge is 0.379 e. The predicted octanol–water partition coefficient (Wildman–Crippen LogP) is 0.529. The molecule has 0 radical (unpaired) electrons. The van der Waals surface area contributed by atoms with Gasteiger partial charge in [0.15, 0.2) is 6.54 Å². The molecule has 4 aliphatic rings. The van der Waals surface area contributed by atoms with Crippen molar-refractivity contribution in [1.29, 1.82) is 0 Å². The summed E-state index contributed by atoms with van der Waals surface area (Å²) in [6.07, 6.45) is 8.51. The van der Waals surface area contributed by atoms with E-state index >= 15 is 0 Å². The van der Waals surface area contributed by atoms with Gasteiger partial charge in [-0.3, -0.25) is 4.79 Å². The van der Waals surface area contributed by atoms with Crippen molar-refractivity contribution in [2.45, 2.75) is 38.5 Å². The van der Waals surface area contributed by atoms with Gasteiger partial charge in [-0.2, -0.15) is 0 Å². The molecule has 3 N–H and O–H groups in total.